The SMILES string of the molecule is CCN1CCOc2ccc(NC(=O)COc3ccc(Cl)cc3)cc2C1=O. The van der Waals surface area contributed by atoms with Crippen LogP contribution in [0.25, 0.3) is 0 Å². The molecule has 6 nitrogen and oxygen atoms in total. The number of ether oxygens (including phenoxy) is 2. The molecule has 0 aliphatic carbocycles. The summed E-state index contributed by atoms with van der Waals surface area (Å²) in [5, 5.41) is 3.33. The Morgan fingerprint density at radius 2 is 2.04 bits per heavy atom. The van der Waals surface area contributed by atoms with Crippen molar-refractivity contribution in [1.29, 1.82) is 0 Å². The van der Waals surface area contributed by atoms with Gasteiger partial charge in [-0.15, -0.1) is 0 Å². The Morgan fingerprint density at radius 3 is 2.77 bits per heavy atom. The van der Waals surface area contributed by atoms with Gasteiger partial charge in [0.1, 0.15) is 18.1 Å². The Labute approximate surface area is 156 Å². The van der Waals surface area contributed by atoms with Gasteiger partial charge in [-0.1, -0.05) is 11.6 Å². The van der Waals surface area contributed by atoms with Gasteiger partial charge in [0.15, 0.2) is 6.61 Å². The first-order chi connectivity index (χ1) is 12.6. The van der Waals surface area contributed by atoms with E-state index >= 15 is 0 Å². The molecule has 7 heteroatoms. The highest BCUT2D eigenvalue weighted by atomic mass is 35.5. The number of amides is 2. The lowest BCUT2D eigenvalue weighted by molar-refractivity contribution is -0.118. The van der Waals surface area contributed by atoms with E-state index in [2.05, 4.69) is 5.32 Å². The Kier molecular flexibility index (Phi) is 5.63. The third-order valence-electron chi connectivity index (χ3n) is 3.96. The number of carbonyl (C=O) groups is 2. The summed E-state index contributed by atoms with van der Waals surface area (Å²) < 4.78 is 11.0. The summed E-state index contributed by atoms with van der Waals surface area (Å²) in [6.07, 6.45) is 0. The molecule has 0 saturated heterocycles. The topological polar surface area (TPSA) is 67.9 Å². The normalized spacial score (nSPS) is 13.5. The number of fused-ring (bicyclic) bond motifs is 1. The Balaban J connectivity index is 1.65. The van der Waals surface area contributed by atoms with Gasteiger partial charge < -0.3 is 19.7 Å². The lowest BCUT2D eigenvalue weighted by Gasteiger charge is -2.17. The molecule has 0 atom stereocenters. The molecule has 0 spiro atoms. The zero-order valence-corrected chi connectivity index (χ0v) is 15.1. The smallest absolute Gasteiger partial charge is 0.262 e. The number of rotatable bonds is 5. The maximum absolute atomic E-state index is 12.5. The summed E-state index contributed by atoms with van der Waals surface area (Å²) in [5.74, 6) is 0.651. The molecule has 1 aliphatic rings. The van der Waals surface area contributed by atoms with Crippen molar-refractivity contribution in [3.8, 4) is 11.5 Å². The summed E-state index contributed by atoms with van der Waals surface area (Å²) in [6, 6.07) is 11.8. The van der Waals surface area contributed by atoms with E-state index in [9.17, 15) is 9.59 Å². The molecular formula is C19H19ClN2O4. The van der Waals surface area contributed by atoms with Crippen molar-refractivity contribution >= 4 is 29.1 Å². The molecule has 2 aromatic rings. The molecule has 0 aromatic heterocycles. The fourth-order valence-electron chi connectivity index (χ4n) is 2.62. The van der Waals surface area contributed by atoms with Crippen LogP contribution in [0.1, 0.15) is 17.3 Å². The number of nitrogens with zero attached hydrogens (tertiary/aromatic N) is 1. The first-order valence-electron chi connectivity index (χ1n) is 8.31. The molecule has 1 N–H and O–H groups in total. The van der Waals surface area contributed by atoms with Crippen molar-refractivity contribution in [2.24, 2.45) is 0 Å². The third-order valence-corrected chi connectivity index (χ3v) is 4.22. The van der Waals surface area contributed by atoms with Gasteiger partial charge in [0, 0.05) is 17.3 Å². The average molecular weight is 375 g/mol. The van der Waals surface area contributed by atoms with Crippen LogP contribution >= 0.6 is 11.6 Å². The van der Waals surface area contributed by atoms with Crippen molar-refractivity contribution in [3.63, 3.8) is 0 Å². The minimum atomic E-state index is -0.325. The summed E-state index contributed by atoms with van der Waals surface area (Å²) in [7, 11) is 0. The number of carbonyl (C=O) groups excluding carboxylic acids is 2. The highest BCUT2D eigenvalue weighted by Crippen LogP contribution is 2.26. The second-order valence-corrected chi connectivity index (χ2v) is 6.17. The Morgan fingerprint density at radius 1 is 1.27 bits per heavy atom. The van der Waals surface area contributed by atoms with Crippen molar-refractivity contribution in [2.75, 3.05) is 31.6 Å². The second-order valence-electron chi connectivity index (χ2n) is 5.73. The van der Waals surface area contributed by atoms with Crippen LogP contribution in [0, 0.1) is 0 Å². The van der Waals surface area contributed by atoms with E-state index in [1.165, 1.54) is 0 Å². The maximum atomic E-state index is 12.5. The van der Waals surface area contributed by atoms with Gasteiger partial charge in [0.05, 0.1) is 12.1 Å². The lowest BCUT2D eigenvalue weighted by Crippen LogP contribution is -2.32. The van der Waals surface area contributed by atoms with Crippen LogP contribution in [-0.2, 0) is 4.79 Å². The number of halogens is 1. The number of likely N-dealkylation sites (N-methyl/N-ethyl adjacent to an activating group) is 1. The zero-order chi connectivity index (χ0) is 18.5. The first kappa shape index (κ1) is 18.1. The van der Waals surface area contributed by atoms with E-state index in [1.807, 2.05) is 6.92 Å². The Hall–Kier alpha value is -2.73. The van der Waals surface area contributed by atoms with Crippen molar-refractivity contribution < 1.29 is 19.1 Å². The van der Waals surface area contributed by atoms with E-state index in [0.717, 1.165) is 0 Å². The van der Waals surface area contributed by atoms with Crippen molar-refractivity contribution in [1.82, 2.24) is 4.90 Å². The highest BCUT2D eigenvalue weighted by Gasteiger charge is 2.23. The van der Waals surface area contributed by atoms with E-state index in [-0.39, 0.29) is 18.4 Å². The van der Waals surface area contributed by atoms with Gasteiger partial charge in [-0.3, -0.25) is 9.59 Å². The van der Waals surface area contributed by atoms with Crippen LogP contribution in [0.4, 0.5) is 5.69 Å². The quantitative estimate of drug-likeness (QED) is 0.872. The van der Waals surface area contributed by atoms with Crippen LogP contribution < -0.4 is 14.8 Å². The maximum Gasteiger partial charge on any atom is 0.262 e. The van der Waals surface area contributed by atoms with Crippen LogP contribution in [0.3, 0.4) is 0 Å². The van der Waals surface area contributed by atoms with Gasteiger partial charge in [0.25, 0.3) is 11.8 Å². The van der Waals surface area contributed by atoms with Gasteiger partial charge in [-0.05, 0) is 49.4 Å². The van der Waals surface area contributed by atoms with E-state index in [1.54, 1.807) is 47.4 Å². The van der Waals surface area contributed by atoms with Crippen LogP contribution in [0.5, 0.6) is 11.5 Å². The second kappa shape index (κ2) is 8.10. The third kappa shape index (κ3) is 4.26. The number of nitrogens with one attached hydrogen (secondary N) is 1. The molecule has 1 aliphatic heterocycles. The lowest BCUT2D eigenvalue weighted by atomic mass is 10.1. The molecular weight excluding hydrogens is 356 g/mol. The monoisotopic (exact) mass is 374 g/mol. The van der Waals surface area contributed by atoms with Crippen LogP contribution in [-0.4, -0.2) is 43.0 Å². The van der Waals surface area contributed by atoms with E-state index in [0.29, 0.717) is 47.5 Å². The molecule has 0 bridgehead atoms. The van der Waals surface area contributed by atoms with Gasteiger partial charge >= 0.3 is 0 Å². The predicted octanol–water partition coefficient (Wildman–Crippen LogP) is 3.21. The molecule has 136 valence electrons. The summed E-state index contributed by atoms with van der Waals surface area (Å²) in [6.45, 7) is 3.37. The first-order valence-corrected chi connectivity index (χ1v) is 8.69. The minimum Gasteiger partial charge on any atom is -0.491 e. The fourth-order valence-corrected chi connectivity index (χ4v) is 2.74. The van der Waals surface area contributed by atoms with Crippen LogP contribution in [0.2, 0.25) is 5.02 Å². The van der Waals surface area contributed by atoms with Gasteiger partial charge in [-0.2, -0.15) is 0 Å². The standard InChI is InChI=1S/C19H19ClN2O4/c1-2-22-9-10-25-17-8-5-14(11-16(17)19(22)24)21-18(23)12-26-15-6-3-13(20)4-7-15/h3-8,11H,2,9-10,12H2,1H3,(H,21,23). The Bertz CT molecular complexity index is 808. The zero-order valence-electron chi connectivity index (χ0n) is 14.3. The molecule has 0 radical (unpaired) electrons. The van der Waals surface area contributed by atoms with Crippen LogP contribution in [0.15, 0.2) is 42.5 Å². The average Bonchev–Trinajstić information content (AvgIpc) is 2.80. The van der Waals surface area contributed by atoms with E-state index < -0.39 is 0 Å². The molecule has 0 saturated carbocycles. The molecule has 0 fully saturated rings. The number of hydrogen-bond donors (Lipinski definition) is 1. The molecule has 0 unspecified atom stereocenters. The van der Waals surface area contributed by atoms with E-state index in [4.69, 9.17) is 21.1 Å². The minimum absolute atomic E-state index is 0.103. The molecule has 26 heavy (non-hydrogen) atoms. The number of anilines is 1. The van der Waals surface area contributed by atoms with Crippen molar-refractivity contribution in [2.45, 2.75) is 6.92 Å². The van der Waals surface area contributed by atoms with Gasteiger partial charge in [0.2, 0.25) is 0 Å². The predicted molar refractivity (Wildman–Crippen MR) is 99.1 cm³/mol. The van der Waals surface area contributed by atoms with Gasteiger partial charge in [-0.25, -0.2) is 0 Å². The summed E-state index contributed by atoms with van der Waals surface area (Å²) in [5.41, 5.74) is 0.962. The summed E-state index contributed by atoms with van der Waals surface area (Å²) >= 11 is 5.81. The number of hydrogen-bond acceptors (Lipinski definition) is 4. The molecule has 2 amide bonds. The fraction of sp³-hybridized carbons (Fsp3) is 0.263. The molecule has 3 rings (SSSR count). The largest absolute Gasteiger partial charge is 0.491 e. The molecule has 1 heterocycles. The van der Waals surface area contributed by atoms with Crippen molar-refractivity contribution in [3.05, 3.63) is 53.1 Å². The number of benzene rings is 2. The summed E-state index contributed by atoms with van der Waals surface area (Å²) in [4.78, 5) is 26.4. The molecule has 2 aromatic carbocycles. The highest BCUT2D eigenvalue weighted by molar-refractivity contribution is 6.30.